The van der Waals surface area contributed by atoms with Crippen molar-refractivity contribution in [2.75, 3.05) is 26.2 Å². The Hall–Kier alpha value is -1.68. The zero-order chi connectivity index (χ0) is 22.3. The molecule has 0 radical (unpaired) electrons. The van der Waals surface area contributed by atoms with Crippen LogP contribution in [0.25, 0.3) is 0 Å². The van der Waals surface area contributed by atoms with Gasteiger partial charge in [0.2, 0.25) is 5.91 Å². The van der Waals surface area contributed by atoms with Crippen molar-refractivity contribution in [2.45, 2.75) is 70.1 Å². The van der Waals surface area contributed by atoms with Gasteiger partial charge in [0.05, 0.1) is 31.2 Å². The number of nitrogens with one attached hydrogen (secondary N) is 1. The van der Waals surface area contributed by atoms with E-state index in [0.717, 1.165) is 17.9 Å². The molecule has 7 nitrogen and oxygen atoms in total. The molecule has 4 heterocycles. The quantitative estimate of drug-likeness (QED) is 0.705. The molecule has 0 saturated carbocycles. The number of rotatable bonds is 5. The predicted octanol–water partition coefficient (Wildman–Crippen LogP) is 1.93. The summed E-state index contributed by atoms with van der Waals surface area (Å²) in [6.07, 6.45) is 1.10. The molecule has 2 fully saturated rings. The first-order chi connectivity index (χ1) is 14.7. The van der Waals surface area contributed by atoms with E-state index in [2.05, 4.69) is 22.3 Å². The third-order valence-electron chi connectivity index (χ3n) is 7.11. The minimum Gasteiger partial charge on any atom is -0.377 e. The number of hydrogen-bond donors (Lipinski definition) is 1. The van der Waals surface area contributed by atoms with Crippen LogP contribution in [0.1, 0.15) is 33.6 Å². The first-order valence-electron chi connectivity index (χ1n) is 11.2. The van der Waals surface area contributed by atoms with Crippen molar-refractivity contribution >= 4 is 18.3 Å². The molecule has 0 aromatic rings. The van der Waals surface area contributed by atoms with Gasteiger partial charge in [0, 0.05) is 43.1 Å². The lowest BCUT2D eigenvalue weighted by Gasteiger charge is -2.42. The van der Waals surface area contributed by atoms with Crippen LogP contribution in [-0.2, 0) is 9.53 Å². The molecular weight excluding hydrogens is 411 g/mol. The standard InChI is InChI=1S/C21H32F3N5O2/c1-4-31-16-6-14(7-25-9-16)17-5-12(2)18-19(27-17)13(3)29(20(18)30)15-8-26-28(10-15)11-21(22,23)24/h7-8,12-19,27H,4-6,9-11H2,1-3H3/t12?,13-,14?,15?,16?,17?,18?,19?/m0/s1. The number of fused-ring (bicyclic) bond motifs is 1. The van der Waals surface area contributed by atoms with E-state index in [9.17, 15) is 18.0 Å². The van der Waals surface area contributed by atoms with Crippen molar-refractivity contribution in [1.82, 2.24) is 15.2 Å². The van der Waals surface area contributed by atoms with Crippen LogP contribution in [-0.4, -0.2) is 90.9 Å². The first kappa shape index (κ1) is 22.5. The lowest BCUT2D eigenvalue weighted by Crippen LogP contribution is -2.57. The average Bonchev–Trinajstić information content (AvgIpc) is 3.23. The number of likely N-dealkylation sites (tertiary alicyclic amines) is 1. The summed E-state index contributed by atoms with van der Waals surface area (Å²) in [5.74, 6) is 0.285. The van der Waals surface area contributed by atoms with Gasteiger partial charge in [0.1, 0.15) is 6.54 Å². The number of carbonyl (C=O) groups is 1. The second kappa shape index (κ2) is 8.69. The van der Waals surface area contributed by atoms with Gasteiger partial charge in [-0.1, -0.05) is 6.92 Å². The van der Waals surface area contributed by atoms with Crippen molar-refractivity contribution in [3.05, 3.63) is 0 Å². The van der Waals surface area contributed by atoms with Crippen molar-refractivity contribution in [3.63, 3.8) is 0 Å². The van der Waals surface area contributed by atoms with Gasteiger partial charge in [-0.2, -0.15) is 18.3 Å². The van der Waals surface area contributed by atoms with Gasteiger partial charge in [0.15, 0.2) is 0 Å². The van der Waals surface area contributed by atoms with Gasteiger partial charge >= 0.3 is 6.18 Å². The highest BCUT2D eigenvalue weighted by molar-refractivity contribution is 5.87. The van der Waals surface area contributed by atoms with E-state index in [1.54, 1.807) is 4.90 Å². The van der Waals surface area contributed by atoms with Crippen LogP contribution in [0.2, 0.25) is 0 Å². The van der Waals surface area contributed by atoms with Crippen LogP contribution < -0.4 is 5.32 Å². The summed E-state index contributed by atoms with van der Waals surface area (Å²) in [6, 6.07) is -0.376. The molecule has 2 saturated heterocycles. The molecule has 0 spiro atoms. The molecule has 4 aliphatic rings. The van der Waals surface area contributed by atoms with Crippen molar-refractivity contribution < 1.29 is 22.7 Å². The van der Waals surface area contributed by atoms with Gasteiger partial charge in [-0.3, -0.25) is 14.8 Å². The Bertz CT molecular complexity index is 730. The van der Waals surface area contributed by atoms with Crippen LogP contribution in [0.15, 0.2) is 10.1 Å². The van der Waals surface area contributed by atoms with Crippen LogP contribution in [0.4, 0.5) is 13.2 Å². The number of carbonyl (C=O) groups excluding carboxylic acids is 1. The van der Waals surface area contributed by atoms with Gasteiger partial charge in [-0.15, -0.1) is 0 Å². The molecule has 1 amide bonds. The summed E-state index contributed by atoms with van der Waals surface area (Å²) in [6.45, 7) is 6.43. The zero-order valence-electron chi connectivity index (χ0n) is 18.3. The topological polar surface area (TPSA) is 69.5 Å². The summed E-state index contributed by atoms with van der Waals surface area (Å²) < 4.78 is 44.0. The van der Waals surface area contributed by atoms with E-state index < -0.39 is 18.8 Å². The van der Waals surface area contributed by atoms with E-state index >= 15 is 0 Å². The molecule has 4 aliphatic heterocycles. The van der Waals surface area contributed by atoms with Gasteiger partial charge < -0.3 is 15.0 Å². The van der Waals surface area contributed by atoms with Crippen molar-refractivity contribution in [1.29, 1.82) is 0 Å². The number of ether oxygens (including phenoxy) is 1. The molecular formula is C21H32F3N5O2. The Labute approximate surface area is 181 Å². The summed E-state index contributed by atoms with van der Waals surface area (Å²) in [4.78, 5) is 19.6. The molecule has 0 aromatic carbocycles. The number of alkyl halides is 3. The van der Waals surface area contributed by atoms with E-state index in [4.69, 9.17) is 4.74 Å². The summed E-state index contributed by atoms with van der Waals surface area (Å²) in [5, 5.41) is 8.62. The highest BCUT2D eigenvalue weighted by Gasteiger charge is 2.54. The lowest BCUT2D eigenvalue weighted by molar-refractivity contribution is -0.146. The largest absolute Gasteiger partial charge is 0.407 e. The Morgan fingerprint density at radius 1 is 1.26 bits per heavy atom. The van der Waals surface area contributed by atoms with E-state index in [-0.39, 0.29) is 54.4 Å². The number of aliphatic imine (C=N–C) groups is 1. The molecule has 0 bridgehead atoms. The smallest absolute Gasteiger partial charge is 0.377 e. The minimum absolute atomic E-state index is 0.0192. The molecule has 1 N–H and O–H groups in total. The molecule has 0 aromatic heterocycles. The average molecular weight is 444 g/mol. The maximum absolute atomic E-state index is 13.3. The molecule has 10 heteroatoms. The third-order valence-corrected chi connectivity index (χ3v) is 7.11. The number of piperidine rings is 1. The Morgan fingerprint density at radius 3 is 2.74 bits per heavy atom. The number of hydrogen-bond acceptors (Lipinski definition) is 6. The predicted molar refractivity (Wildman–Crippen MR) is 111 cm³/mol. The Balaban J connectivity index is 1.44. The Morgan fingerprint density at radius 2 is 2.03 bits per heavy atom. The molecule has 0 aliphatic carbocycles. The summed E-state index contributed by atoms with van der Waals surface area (Å²) in [7, 11) is 0. The van der Waals surface area contributed by atoms with E-state index in [1.807, 2.05) is 20.1 Å². The third kappa shape index (κ3) is 4.60. The number of amides is 1. The second-order valence-corrected chi connectivity index (χ2v) is 9.31. The number of hydrazone groups is 1. The summed E-state index contributed by atoms with van der Waals surface area (Å²) >= 11 is 0. The highest BCUT2D eigenvalue weighted by atomic mass is 19.4. The van der Waals surface area contributed by atoms with Gasteiger partial charge in [0.25, 0.3) is 0 Å². The zero-order valence-corrected chi connectivity index (χ0v) is 18.3. The van der Waals surface area contributed by atoms with Crippen molar-refractivity contribution in [2.24, 2.45) is 27.8 Å². The Kier molecular flexibility index (Phi) is 6.31. The van der Waals surface area contributed by atoms with Crippen LogP contribution >= 0.6 is 0 Å². The SMILES string of the molecule is CCOC1CN=CC(C2CC(C)C3C(=O)N(C4C=NN(CC(F)(F)F)C4)[C@@H](C)C3N2)C1. The normalized spacial score (nSPS) is 40.6. The summed E-state index contributed by atoms with van der Waals surface area (Å²) in [5.41, 5.74) is 0. The monoisotopic (exact) mass is 443 g/mol. The van der Waals surface area contributed by atoms with Gasteiger partial charge in [-0.05, 0) is 32.6 Å². The maximum atomic E-state index is 13.3. The number of nitrogens with zero attached hydrogens (tertiary/aromatic N) is 4. The minimum atomic E-state index is -4.31. The molecule has 31 heavy (non-hydrogen) atoms. The fourth-order valence-corrected chi connectivity index (χ4v) is 5.80. The van der Waals surface area contributed by atoms with Gasteiger partial charge in [-0.25, -0.2) is 0 Å². The number of halogens is 3. The lowest BCUT2D eigenvalue weighted by atomic mass is 9.75. The molecule has 174 valence electrons. The van der Waals surface area contributed by atoms with Crippen molar-refractivity contribution in [3.8, 4) is 0 Å². The second-order valence-electron chi connectivity index (χ2n) is 9.31. The van der Waals surface area contributed by atoms with E-state index in [0.29, 0.717) is 13.2 Å². The first-order valence-corrected chi connectivity index (χ1v) is 11.2. The molecule has 8 atom stereocenters. The maximum Gasteiger partial charge on any atom is 0.407 e. The molecule has 4 rings (SSSR count). The van der Waals surface area contributed by atoms with Crippen LogP contribution in [0.3, 0.4) is 0 Å². The molecule has 7 unspecified atom stereocenters. The fraction of sp³-hybridized carbons (Fsp3) is 0.857. The highest BCUT2D eigenvalue weighted by Crippen LogP contribution is 2.40. The van der Waals surface area contributed by atoms with E-state index in [1.165, 1.54) is 6.21 Å². The van der Waals surface area contributed by atoms with Crippen LogP contribution in [0, 0.1) is 17.8 Å². The fourth-order valence-electron chi connectivity index (χ4n) is 5.80. The van der Waals surface area contributed by atoms with Crippen LogP contribution in [0.5, 0.6) is 0 Å².